The fourth-order valence-corrected chi connectivity index (χ4v) is 3.87. The van der Waals surface area contributed by atoms with Gasteiger partial charge in [-0.1, -0.05) is 30.3 Å². The smallest absolute Gasteiger partial charge is 0.321 e. The van der Waals surface area contributed by atoms with Crippen LogP contribution in [0.15, 0.2) is 64.9 Å². The third kappa shape index (κ3) is 4.18. The van der Waals surface area contributed by atoms with E-state index in [-0.39, 0.29) is 12.6 Å². The highest BCUT2D eigenvalue weighted by Crippen LogP contribution is 2.25. The molecule has 8 heteroatoms. The molecule has 0 saturated carbocycles. The maximum Gasteiger partial charge on any atom is 0.321 e. The number of nitrogens with one attached hydrogen (secondary N) is 2. The molecule has 4 rings (SSSR count). The van der Waals surface area contributed by atoms with E-state index in [1.807, 2.05) is 52.5 Å². The molecule has 0 aliphatic rings. The van der Waals surface area contributed by atoms with Crippen molar-refractivity contribution in [2.24, 2.45) is 0 Å². The summed E-state index contributed by atoms with van der Waals surface area (Å²) in [5, 5.41) is 12.0. The summed E-state index contributed by atoms with van der Waals surface area (Å²) in [5.74, 6) is 0. The van der Waals surface area contributed by atoms with Crippen LogP contribution in [0.4, 0.5) is 9.93 Å². The molecule has 3 aromatic heterocycles. The number of amides is 2. The molecule has 27 heavy (non-hydrogen) atoms. The molecular weight excluding hydrogens is 378 g/mol. The van der Waals surface area contributed by atoms with E-state index in [1.54, 1.807) is 23.7 Å². The number of rotatable bonds is 5. The van der Waals surface area contributed by atoms with Crippen LogP contribution in [-0.2, 0) is 6.54 Å². The zero-order chi connectivity index (χ0) is 18.5. The van der Waals surface area contributed by atoms with Crippen LogP contribution in [-0.4, -0.2) is 21.0 Å². The molecule has 0 atom stereocenters. The van der Waals surface area contributed by atoms with Gasteiger partial charge < -0.3 is 5.32 Å². The average molecular weight is 393 g/mol. The lowest BCUT2D eigenvalue weighted by Gasteiger charge is -2.08. The van der Waals surface area contributed by atoms with Gasteiger partial charge in [-0.3, -0.25) is 15.3 Å². The molecule has 4 aromatic rings. The minimum absolute atomic E-state index is 0.280. The monoisotopic (exact) mass is 393 g/mol. The van der Waals surface area contributed by atoms with Gasteiger partial charge in [-0.25, -0.2) is 9.78 Å². The third-order valence-electron chi connectivity index (χ3n) is 3.78. The molecule has 0 aliphatic heterocycles. The topological polar surface area (TPSA) is 79.8 Å². The number of carbonyl (C=O) groups is 1. The van der Waals surface area contributed by atoms with Gasteiger partial charge in [-0.05, 0) is 11.4 Å². The van der Waals surface area contributed by atoms with Crippen molar-refractivity contribution in [3.8, 4) is 22.5 Å². The lowest BCUT2D eigenvalue weighted by atomic mass is 10.2. The molecule has 0 fully saturated rings. The van der Waals surface area contributed by atoms with Crippen molar-refractivity contribution in [3.63, 3.8) is 0 Å². The van der Waals surface area contributed by atoms with Crippen LogP contribution >= 0.6 is 22.7 Å². The van der Waals surface area contributed by atoms with E-state index in [4.69, 9.17) is 0 Å². The molecule has 0 aliphatic carbocycles. The zero-order valence-corrected chi connectivity index (χ0v) is 15.8. The largest absolute Gasteiger partial charge is 0.332 e. The van der Waals surface area contributed by atoms with Crippen molar-refractivity contribution in [2.75, 3.05) is 5.32 Å². The Bertz CT molecular complexity index is 1030. The molecule has 134 valence electrons. The number of anilines is 1. The highest BCUT2D eigenvalue weighted by molar-refractivity contribution is 7.14. The van der Waals surface area contributed by atoms with Crippen LogP contribution in [0.3, 0.4) is 0 Å². The second kappa shape index (κ2) is 8.07. The lowest BCUT2D eigenvalue weighted by molar-refractivity contribution is 0.251. The summed E-state index contributed by atoms with van der Waals surface area (Å²) < 4.78 is 0. The van der Waals surface area contributed by atoms with Crippen LogP contribution in [0.5, 0.6) is 0 Å². The highest BCUT2D eigenvalue weighted by Gasteiger charge is 2.11. The predicted molar refractivity (Wildman–Crippen MR) is 109 cm³/mol. The summed E-state index contributed by atoms with van der Waals surface area (Å²) in [6.07, 6.45) is 3.27. The molecular formula is C19H15N5OS2. The molecule has 2 amide bonds. The fourth-order valence-electron chi connectivity index (χ4n) is 2.51. The standard InChI is InChI=1S/C19H15N5OS2/c25-18(24-19-23-16(12-27-19)13-4-2-1-3-5-13)22-10-15-17(21-8-7-20-15)14-6-9-26-11-14/h1-9,11-12H,10H2,(H2,22,23,24,25). The molecule has 2 N–H and O–H groups in total. The van der Waals surface area contributed by atoms with Gasteiger partial charge in [0.1, 0.15) is 0 Å². The van der Waals surface area contributed by atoms with E-state index >= 15 is 0 Å². The number of hydrogen-bond acceptors (Lipinski definition) is 6. The first kappa shape index (κ1) is 17.3. The average Bonchev–Trinajstić information content (AvgIpc) is 3.40. The number of thiophene rings is 1. The molecule has 1 aromatic carbocycles. The van der Waals surface area contributed by atoms with Crippen molar-refractivity contribution < 1.29 is 4.79 Å². The fraction of sp³-hybridized carbons (Fsp3) is 0.0526. The molecule has 6 nitrogen and oxygen atoms in total. The van der Waals surface area contributed by atoms with E-state index in [1.165, 1.54) is 11.3 Å². The molecule has 0 bridgehead atoms. The maximum atomic E-state index is 12.2. The van der Waals surface area contributed by atoms with Crippen LogP contribution in [0.25, 0.3) is 22.5 Å². The summed E-state index contributed by atoms with van der Waals surface area (Å²) in [7, 11) is 0. The first-order valence-electron chi connectivity index (χ1n) is 8.18. The highest BCUT2D eigenvalue weighted by atomic mass is 32.1. The summed E-state index contributed by atoms with van der Waals surface area (Å²) in [6, 6.07) is 11.5. The van der Waals surface area contributed by atoms with Crippen molar-refractivity contribution in [2.45, 2.75) is 6.54 Å². The van der Waals surface area contributed by atoms with Crippen molar-refractivity contribution in [1.29, 1.82) is 0 Å². The van der Waals surface area contributed by atoms with Gasteiger partial charge in [0, 0.05) is 34.3 Å². The number of hydrogen-bond donors (Lipinski definition) is 2. The van der Waals surface area contributed by atoms with E-state index < -0.39 is 0 Å². The molecule has 3 heterocycles. The quantitative estimate of drug-likeness (QED) is 0.517. The Kier molecular flexibility index (Phi) is 5.17. The van der Waals surface area contributed by atoms with Gasteiger partial charge in [-0.15, -0.1) is 11.3 Å². The van der Waals surface area contributed by atoms with E-state index in [2.05, 4.69) is 25.6 Å². The Hall–Kier alpha value is -3.10. The van der Waals surface area contributed by atoms with E-state index in [0.29, 0.717) is 5.13 Å². The SMILES string of the molecule is O=C(NCc1nccnc1-c1ccsc1)Nc1nc(-c2ccccc2)cs1. The molecule has 0 spiro atoms. The minimum atomic E-state index is -0.328. The van der Waals surface area contributed by atoms with Crippen LogP contribution in [0.2, 0.25) is 0 Å². The summed E-state index contributed by atoms with van der Waals surface area (Å²) in [6.45, 7) is 0.280. The predicted octanol–water partition coefficient (Wildman–Crippen LogP) is 4.65. The first-order valence-corrected chi connectivity index (χ1v) is 10.00. The normalized spacial score (nSPS) is 10.5. The number of carbonyl (C=O) groups excluding carboxylic acids is 1. The number of aromatic nitrogens is 3. The second-order valence-electron chi connectivity index (χ2n) is 5.58. The van der Waals surface area contributed by atoms with Crippen LogP contribution in [0.1, 0.15) is 5.69 Å². The van der Waals surface area contributed by atoms with Gasteiger partial charge in [0.25, 0.3) is 0 Å². The Morgan fingerprint density at radius 2 is 1.85 bits per heavy atom. The van der Waals surface area contributed by atoms with Crippen molar-refractivity contribution in [1.82, 2.24) is 20.3 Å². The summed E-state index contributed by atoms with van der Waals surface area (Å²) in [5.41, 5.74) is 4.35. The minimum Gasteiger partial charge on any atom is -0.332 e. The Morgan fingerprint density at radius 1 is 1.00 bits per heavy atom. The third-order valence-corrected chi connectivity index (χ3v) is 5.22. The summed E-state index contributed by atoms with van der Waals surface area (Å²) >= 11 is 2.98. The second-order valence-corrected chi connectivity index (χ2v) is 7.21. The molecule has 0 unspecified atom stereocenters. The van der Waals surface area contributed by atoms with Gasteiger partial charge in [0.05, 0.1) is 23.6 Å². The van der Waals surface area contributed by atoms with Crippen molar-refractivity contribution >= 4 is 33.8 Å². The molecule has 0 saturated heterocycles. The van der Waals surface area contributed by atoms with Crippen LogP contribution in [0, 0.1) is 0 Å². The van der Waals surface area contributed by atoms with E-state index in [0.717, 1.165) is 28.2 Å². The Morgan fingerprint density at radius 3 is 2.67 bits per heavy atom. The van der Waals surface area contributed by atoms with Gasteiger partial charge in [0.15, 0.2) is 5.13 Å². The Balaban J connectivity index is 1.39. The number of benzene rings is 1. The number of urea groups is 1. The number of nitrogens with zero attached hydrogens (tertiary/aromatic N) is 3. The zero-order valence-electron chi connectivity index (χ0n) is 14.1. The number of thiazole rings is 1. The molecule has 0 radical (unpaired) electrons. The van der Waals surface area contributed by atoms with Gasteiger partial charge in [-0.2, -0.15) is 11.3 Å². The van der Waals surface area contributed by atoms with Crippen LogP contribution < -0.4 is 10.6 Å². The summed E-state index contributed by atoms with van der Waals surface area (Å²) in [4.78, 5) is 25.4. The maximum absolute atomic E-state index is 12.2. The first-order chi connectivity index (χ1) is 13.3. The van der Waals surface area contributed by atoms with Crippen molar-refractivity contribution in [3.05, 3.63) is 70.6 Å². The van der Waals surface area contributed by atoms with E-state index in [9.17, 15) is 4.79 Å². The van der Waals surface area contributed by atoms with Gasteiger partial charge in [0.2, 0.25) is 0 Å². The van der Waals surface area contributed by atoms with Gasteiger partial charge >= 0.3 is 6.03 Å². The lowest BCUT2D eigenvalue weighted by Crippen LogP contribution is -2.28. The Labute approximate surface area is 164 Å².